The molecule has 0 aromatic heterocycles. The maximum Gasteiger partial charge on any atom is 0.0223 e. The van der Waals surface area contributed by atoms with Gasteiger partial charge in [-0.1, -0.05) is 0 Å². The molecule has 0 spiro atoms. The highest BCUT2D eigenvalue weighted by Crippen LogP contribution is 2.20. The maximum atomic E-state index is 5.59. The monoisotopic (exact) mass is 183 g/mol. The molecule has 1 atom stereocenters. The Balaban J connectivity index is 1.89. The molecule has 0 bridgehead atoms. The highest BCUT2D eigenvalue weighted by Gasteiger charge is 2.27. The molecule has 2 aliphatic heterocycles. The van der Waals surface area contributed by atoms with Crippen molar-refractivity contribution < 1.29 is 0 Å². The normalized spacial score (nSPS) is 31.6. The number of nitrogens with two attached hydrogens (primary N) is 1. The van der Waals surface area contributed by atoms with Gasteiger partial charge in [-0.25, -0.2) is 0 Å². The lowest BCUT2D eigenvalue weighted by molar-refractivity contribution is 0.223. The van der Waals surface area contributed by atoms with E-state index in [1.807, 2.05) is 0 Å². The Morgan fingerprint density at radius 3 is 2.85 bits per heavy atom. The van der Waals surface area contributed by atoms with Gasteiger partial charge in [-0.2, -0.15) is 0 Å². The van der Waals surface area contributed by atoms with Crippen LogP contribution in [-0.4, -0.2) is 55.1 Å². The molecule has 0 saturated carbocycles. The van der Waals surface area contributed by atoms with Crippen molar-refractivity contribution in [2.24, 2.45) is 5.73 Å². The molecule has 3 nitrogen and oxygen atoms in total. The second-order valence-corrected chi connectivity index (χ2v) is 4.27. The van der Waals surface area contributed by atoms with Crippen molar-refractivity contribution in [1.29, 1.82) is 0 Å². The summed E-state index contributed by atoms with van der Waals surface area (Å²) in [6.45, 7) is 7.06. The topological polar surface area (TPSA) is 32.5 Å². The smallest absolute Gasteiger partial charge is 0.0223 e. The number of nitrogens with zero attached hydrogens (tertiary/aromatic N) is 2. The number of fused-ring (bicyclic) bond motifs is 1. The molecule has 2 rings (SSSR count). The van der Waals surface area contributed by atoms with Crippen LogP contribution in [0.15, 0.2) is 0 Å². The second kappa shape index (κ2) is 4.40. The molecule has 2 heterocycles. The van der Waals surface area contributed by atoms with Gasteiger partial charge < -0.3 is 10.6 Å². The van der Waals surface area contributed by atoms with Crippen LogP contribution in [0.2, 0.25) is 0 Å². The van der Waals surface area contributed by atoms with Crippen molar-refractivity contribution >= 4 is 0 Å². The van der Waals surface area contributed by atoms with Crippen molar-refractivity contribution in [2.75, 3.05) is 39.3 Å². The maximum absolute atomic E-state index is 5.59. The zero-order valence-corrected chi connectivity index (χ0v) is 8.41. The van der Waals surface area contributed by atoms with Crippen molar-refractivity contribution in [3.05, 3.63) is 0 Å². The largest absolute Gasteiger partial charge is 0.329 e. The molecule has 1 unspecified atom stereocenters. The Morgan fingerprint density at radius 2 is 2.00 bits per heavy atom. The average Bonchev–Trinajstić information content (AvgIpc) is 2.46. The molecule has 0 radical (unpaired) electrons. The Kier molecular flexibility index (Phi) is 3.19. The molecule has 2 N–H and O–H groups in total. The second-order valence-electron chi connectivity index (χ2n) is 4.27. The van der Waals surface area contributed by atoms with E-state index in [1.165, 1.54) is 45.4 Å². The van der Waals surface area contributed by atoms with Crippen molar-refractivity contribution in [1.82, 2.24) is 9.80 Å². The standard InChI is InChI=1S/C10H21N3/c11-4-8-12-5-2-7-13-6-1-3-10(13)9-12/h10H,1-9,11H2. The van der Waals surface area contributed by atoms with E-state index in [2.05, 4.69) is 9.80 Å². The fourth-order valence-corrected chi connectivity index (χ4v) is 2.67. The van der Waals surface area contributed by atoms with Crippen LogP contribution >= 0.6 is 0 Å². The van der Waals surface area contributed by atoms with Crippen LogP contribution in [-0.2, 0) is 0 Å². The van der Waals surface area contributed by atoms with Gasteiger partial charge in [0.05, 0.1) is 0 Å². The molecule has 0 aliphatic carbocycles. The van der Waals surface area contributed by atoms with E-state index >= 15 is 0 Å². The van der Waals surface area contributed by atoms with E-state index in [4.69, 9.17) is 5.73 Å². The predicted molar refractivity (Wildman–Crippen MR) is 54.7 cm³/mol. The Labute approximate surface area is 80.9 Å². The van der Waals surface area contributed by atoms with Crippen molar-refractivity contribution in [2.45, 2.75) is 25.3 Å². The quantitative estimate of drug-likeness (QED) is 0.660. The SMILES string of the molecule is NCCN1CCCN2CCCC2C1. The minimum atomic E-state index is 0.812. The minimum Gasteiger partial charge on any atom is -0.329 e. The number of hydrogen-bond acceptors (Lipinski definition) is 3. The van der Waals surface area contributed by atoms with Gasteiger partial charge in [0.2, 0.25) is 0 Å². The molecule has 2 fully saturated rings. The van der Waals surface area contributed by atoms with E-state index in [9.17, 15) is 0 Å². The lowest BCUT2D eigenvalue weighted by Gasteiger charge is -2.24. The van der Waals surface area contributed by atoms with Gasteiger partial charge in [0.25, 0.3) is 0 Å². The van der Waals surface area contributed by atoms with E-state index < -0.39 is 0 Å². The summed E-state index contributed by atoms with van der Waals surface area (Å²) in [5.41, 5.74) is 5.59. The highest BCUT2D eigenvalue weighted by atomic mass is 15.3. The van der Waals surface area contributed by atoms with Gasteiger partial charge in [-0.15, -0.1) is 0 Å². The first kappa shape index (κ1) is 9.44. The predicted octanol–water partition coefficient (Wildman–Crippen LogP) is 0.115. The lowest BCUT2D eigenvalue weighted by atomic mass is 10.2. The molecule has 2 aliphatic rings. The van der Waals surface area contributed by atoms with Crippen LogP contribution in [0.3, 0.4) is 0 Å². The van der Waals surface area contributed by atoms with E-state index in [0.717, 1.165) is 19.1 Å². The van der Waals surface area contributed by atoms with Crippen molar-refractivity contribution in [3.63, 3.8) is 0 Å². The first-order chi connectivity index (χ1) is 6.40. The van der Waals surface area contributed by atoms with Crippen LogP contribution in [0.25, 0.3) is 0 Å². The molecule has 0 aromatic rings. The molecule has 0 amide bonds. The third-order valence-electron chi connectivity index (χ3n) is 3.33. The lowest BCUT2D eigenvalue weighted by Crippen LogP contribution is -2.38. The highest BCUT2D eigenvalue weighted by molar-refractivity contribution is 4.84. The van der Waals surface area contributed by atoms with Gasteiger partial charge in [-0.3, -0.25) is 4.90 Å². The van der Waals surface area contributed by atoms with E-state index in [0.29, 0.717) is 0 Å². The minimum absolute atomic E-state index is 0.812. The summed E-state index contributed by atoms with van der Waals surface area (Å²) in [5.74, 6) is 0. The first-order valence-corrected chi connectivity index (χ1v) is 5.56. The third kappa shape index (κ3) is 2.22. The average molecular weight is 183 g/mol. The van der Waals surface area contributed by atoms with E-state index in [-0.39, 0.29) is 0 Å². The number of rotatable bonds is 2. The molecular weight excluding hydrogens is 162 g/mol. The Hall–Kier alpha value is -0.120. The van der Waals surface area contributed by atoms with Gasteiger partial charge in [0, 0.05) is 25.7 Å². The molecule has 13 heavy (non-hydrogen) atoms. The molecule has 76 valence electrons. The summed E-state index contributed by atoms with van der Waals surface area (Å²) in [7, 11) is 0. The van der Waals surface area contributed by atoms with Gasteiger partial charge in [-0.05, 0) is 38.9 Å². The fraction of sp³-hybridized carbons (Fsp3) is 1.00. The summed E-state index contributed by atoms with van der Waals surface area (Å²) in [6.07, 6.45) is 4.14. The number of hydrogen-bond donors (Lipinski definition) is 1. The molecule has 2 saturated heterocycles. The van der Waals surface area contributed by atoms with Crippen LogP contribution in [0, 0.1) is 0 Å². The van der Waals surface area contributed by atoms with Crippen molar-refractivity contribution in [3.8, 4) is 0 Å². The summed E-state index contributed by atoms with van der Waals surface area (Å²) >= 11 is 0. The van der Waals surface area contributed by atoms with Crippen LogP contribution < -0.4 is 5.73 Å². The molecule has 3 heteroatoms. The molecule has 0 aromatic carbocycles. The van der Waals surface area contributed by atoms with Gasteiger partial charge in [0.1, 0.15) is 0 Å². The first-order valence-electron chi connectivity index (χ1n) is 5.56. The Bertz CT molecular complexity index is 160. The van der Waals surface area contributed by atoms with Crippen LogP contribution in [0.4, 0.5) is 0 Å². The van der Waals surface area contributed by atoms with E-state index in [1.54, 1.807) is 0 Å². The summed E-state index contributed by atoms with van der Waals surface area (Å²) in [6, 6.07) is 0.842. The van der Waals surface area contributed by atoms with Gasteiger partial charge >= 0.3 is 0 Å². The third-order valence-corrected chi connectivity index (χ3v) is 3.33. The summed E-state index contributed by atoms with van der Waals surface area (Å²) in [5, 5.41) is 0. The van der Waals surface area contributed by atoms with Crippen LogP contribution in [0.1, 0.15) is 19.3 Å². The fourth-order valence-electron chi connectivity index (χ4n) is 2.67. The summed E-state index contributed by atoms with van der Waals surface area (Å²) in [4.78, 5) is 5.20. The van der Waals surface area contributed by atoms with Crippen LogP contribution in [0.5, 0.6) is 0 Å². The van der Waals surface area contributed by atoms with Gasteiger partial charge in [0.15, 0.2) is 0 Å². The zero-order chi connectivity index (χ0) is 9.10. The Morgan fingerprint density at radius 1 is 1.15 bits per heavy atom. The zero-order valence-electron chi connectivity index (χ0n) is 8.41. The summed E-state index contributed by atoms with van der Waals surface area (Å²) < 4.78 is 0. The molecular formula is C10H21N3.